The Hall–Kier alpha value is -3.73. The molecule has 3 heterocycles. The van der Waals surface area contributed by atoms with Crippen molar-refractivity contribution in [2.24, 2.45) is 0 Å². The first-order valence-electron chi connectivity index (χ1n) is 11.9. The van der Waals surface area contributed by atoms with Gasteiger partial charge in [-0.3, -0.25) is 4.90 Å². The summed E-state index contributed by atoms with van der Waals surface area (Å²) >= 11 is 0. The van der Waals surface area contributed by atoms with Crippen molar-refractivity contribution < 1.29 is 69.6 Å². The molecule has 0 spiro atoms. The maximum Gasteiger partial charge on any atom is 0.351 e. The van der Waals surface area contributed by atoms with Gasteiger partial charge in [0.05, 0.1) is 6.61 Å². The van der Waals surface area contributed by atoms with Gasteiger partial charge in [0.2, 0.25) is 6.29 Å². The maximum atomic E-state index is 11.9. The molecule has 3 aliphatic rings. The number of nitrogens with one attached hydrogen (secondary N) is 2. The number of phenolic OH excluding ortho intramolecular Hbond substituents is 1. The highest BCUT2D eigenvalue weighted by atomic mass is 16.7. The minimum Gasteiger partial charge on any atom is -0.544 e. The lowest BCUT2D eigenvalue weighted by Crippen LogP contribution is -3.11. The third kappa shape index (κ3) is 5.68. The molecule has 1 unspecified atom stereocenters. The van der Waals surface area contributed by atoms with Crippen molar-refractivity contribution in [2.75, 3.05) is 13.2 Å². The molecule has 0 aromatic heterocycles. The van der Waals surface area contributed by atoms with Crippen molar-refractivity contribution in [3.8, 4) is 11.5 Å². The fourth-order valence-electron chi connectivity index (χ4n) is 4.89. The summed E-state index contributed by atoms with van der Waals surface area (Å²) < 4.78 is 10.9. The predicted octanol–water partition coefficient (Wildman–Crippen LogP) is -4.90. The standard InChI is InChI=1S/C24H28N2O13/c27-8-17-18(29)19(30)20(31)24(39-17)38-16-7-13-10(6-15(16)28)5-14(23(36)37)26(13)2-1-9-3-11(21(32)33)25-12(4-9)22(34)35/h1,3,6-7,12,14,17-20,24-25,27-31H,2,4-5,8H2,(H,32,33)(H,34,35)(H,36,37)/t12-,14-,17+,18+,19-,20+,24+/m0/s1. The van der Waals surface area contributed by atoms with Crippen LogP contribution in [-0.4, -0.2) is 110 Å². The Labute approximate surface area is 220 Å². The number of aromatic hydroxyl groups is 1. The summed E-state index contributed by atoms with van der Waals surface area (Å²) in [6.45, 7) is -0.724. The van der Waals surface area contributed by atoms with E-state index in [1.165, 1.54) is 24.3 Å². The highest BCUT2D eigenvalue weighted by Gasteiger charge is 2.45. The molecular formula is C24H28N2O13. The lowest BCUT2D eigenvalue weighted by molar-refractivity contribution is -0.840. The SMILES string of the molecule is O=C(O)C1=CC(=CC[NH+]2c3cc(O[C@@H]4O[C@H](CO)[C@@H](O)[C@H](O)[C@H]4O)c(O)cc3C[C@H]2C(=O)[O-])C[C@@H](C(=O)O)N1. The van der Waals surface area contributed by atoms with Crippen LogP contribution in [0.2, 0.25) is 0 Å². The number of fused-ring (bicyclic) bond motifs is 1. The van der Waals surface area contributed by atoms with Crippen LogP contribution in [-0.2, 0) is 25.5 Å². The molecule has 3 aliphatic heterocycles. The molecule has 1 fully saturated rings. The number of aliphatic hydroxyl groups excluding tert-OH is 4. The number of ether oxygens (including phenoxy) is 2. The number of aliphatic carboxylic acids is 3. The summed E-state index contributed by atoms with van der Waals surface area (Å²) in [4.78, 5) is 35.1. The first-order valence-corrected chi connectivity index (χ1v) is 11.9. The van der Waals surface area contributed by atoms with Gasteiger partial charge in [-0.15, -0.1) is 0 Å². The molecule has 15 heteroatoms. The first-order chi connectivity index (χ1) is 18.4. The van der Waals surface area contributed by atoms with Crippen LogP contribution in [0, 0.1) is 0 Å². The number of phenols is 1. The monoisotopic (exact) mass is 552 g/mol. The zero-order chi connectivity index (χ0) is 28.6. The molecule has 1 saturated heterocycles. The summed E-state index contributed by atoms with van der Waals surface area (Å²) in [5, 5.41) is 83.1. The normalized spacial score (nSPS) is 33.1. The summed E-state index contributed by atoms with van der Waals surface area (Å²) in [7, 11) is 0. The molecule has 0 amide bonds. The Morgan fingerprint density at radius 1 is 1.13 bits per heavy atom. The molecular weight excluding hydrogens is 524 g/mol. The zero-order valence-corrected chi connectivity index (χ0v) is 20.3. The Bertz CT molecular complexity index is 1210. The Morgan fingerprint density at radius 3 is 2.46 bits per heavy atom. The molecule has 0 radical (unpaired) electrons. The predicted molar refractivity (Wildman–Crippen MR) is 123 cm³/mol. The van der Waals surface area contributed by atoms with Gasteiger partial charge in [0.1, 0.15) is 60.4 Å². The largest absolute Gasteiger partial charge is 0.544 e. The molecule has 4 rings (SSSR count). The second-order valence-electron chi connectivity index (χ2n) is 9.48. The van der Waals surface area contributed by atoms with Gasteiger partial charge in [-0.1, -0.05) is 0 Å². The molecule has 0 saturated carbocycles. The van der Waals surface area contributed by atoms with Gasteiger partial charge in [0, 0.05) is 24.5 Å². The molecule has 0 bridgehead atoms. The second-order valence-corrected chi connectivity index (χ2v) is 9.48. The van der Waals surface area contributed by atoms with E-state index in [-0.39, 0.29) is 30.8 Å². The Kier molecular flexibility index (Phi) is 8.10. The van der Waals surface area contributed by atoms with Crippen molar-refractivity contribution in [1.82, 2.24) is 5.32 Å². The summed E-state index contributed by atoms with van der Waals surface area (Å²) in [5.74, 6) is -4.69. The van der Waals surface area contributed by atoms with Crippen molar-refractivity contribution in [3.05, 3.63) is 41.1 Å². The number of carboxylic acids is 3. The van der Waals surface area contributed by atoms with E-state index in [2.05, 4.69) is 5.32 Å². The molecule has 15 nitrogen and oxygen atoms in total. The quantitative estimate of drug-likeness (QED) is 0.137. The number of allylic oxidation sites excluding steroid dienone is 1. The molecule has 8 atom stereocenters. The van der Waals surface area contributed by atoms with E-state index < -0.39 is 73.1 Å². The zero-order valence-electron chi connectivity index (χ0n) is 20.3. The van der Waals surface area contributed by atoms with Crippen LogP contribution in [0.1, 0.15) is 12.0 Å². The molecule has 39 heavy (non-hydrogen) atoms. The van der Waals surface area contributed by atoms with Crippen LogP contribution in [0.15, 0.2) is 35.6 Å². The van der Waals surface area contributed by atoms with Crippen LogP contribution in [0.4, 0.5) is 5.69 Å². The van der Waals surface area contributed by atoms with E-state index >= 15 is 0 Å². The lowest BCUT2D eigenvalue weighted by atomic mass is 9.99. The summed E-state index contributed by atoms with van der Waals surface area (Å²) in [5.41, 5.74) is 0.831. The molecule has 9 N–H and O–H groups in total. The number of hydrogen-bond donors (Lipinski definition) is 9. The third-order valence-corrected chi connectivity index (χ3v) is 6.96. The average molecular weight is 552 g/mol. The van der Waals surface area contributed by atoms with Gasteiger partial charge in [0.25, 0.3) is 0 Å². The van der Waals surface area contributed by atoms with E-state index in [1.807, 2.05) is 0 Å². The Morgan fingerprint density at radius 2 is 1.85 bits per heavy atom. The number of benzene rings is 1. The number of quaternary nitrogens is 1. The van der Waals surface area contributed by atoms with E-state index in [9.17, 15) is 55.2 Å². The van der Waals surface area contributed by atoms with Crippen molar-refractivity contribution in [3.63, 3.8) is 0 Å². The molecule has 0 aliphatic carbocycles. The number of carbonyl (C=O) groups is 3. The van der Waals surface area contributed by atoms with Gasteiger partial charge < -0.3 is 60.4 Å². The minimum absolute atomic E-state index is 0.0268. The van der Waals surface area contributed by atoms with Gasteiger partial charge in [-0.05, 0) is 23.8 Å². The van der Waals surface area contributed by atoms with Crippen molar-refractivity contribution in [1.29, 1.82) is 0 Å². The maximum absolute atomic E-state index is 11.9. The fourth-order valence-corrected chi connectivity index (χ4v) is 4.89. The first kappa shape index (κ1) is 28.3. The van der Waals surface area contributed by atoms with Gasteiger partial charge >= 0.3 is 11.9 Å². The van der Waals surface area contributed by atoms with Gasteiger partial charge in [0.15, 0.2) is 11.5 Å². The lowest BCUT2D eigenvalue weighted by Gasteiger charge is -2.39. The summed E-state index contributed by atoms with van der Waals surface area (Å²) in [6, 6.07) is 0.265. The van der Waals surface area contributed by atoms with Crippen LogP contribution in [0.5, 0.6) is 11.5 Å². The van der Waals surface area contributed by atoms with E-state index in [0.29, 0.717) is 21.7 Å². The van der Waals surface area contributed by atoms with E-state index in [1.54, 1.807) is 0 Å². The van der Waals surface area contributed by atoms with Gasteiger partial charge in [-0.25, -0.2) is 9.59 Å². The number of rotatable bonds is 8. The highest BCUT2D eigenvalue weighted by molar-refractivity contribution is 5.89. The van der Waals surface area contributed by atoms with E-state index in [4.69, 9.17) is 9.47 Å². The van der Waals surface area contributed by atoms with Crippen LogP contribution < -0.4 is 20.1 Å². The second kappa shape index (κ2) is 11.2. The third-order valence-electron chi connectivity index (χ3n) is 6.96. The van der Waals surface area contributed by atoms with Crippen LogP contribution in [0.25, 0.3) is 0 Å². The smallest absolute Gasteiger partial charge is 0.351 e. The highest BCUT2D eigenvalue weighted by Crippen LogP contribution is 2.36. The summed E-state index contributed by atoms with van der Waals surface area (Å²) in [6.07, 6.45) is -5.26. The van der Waals surface area contributed by atoms with Crippen LogP contribution in [0.3, 0.4) is 0 Å². The number of carboxylic acid groups (broad SMARTS) is 3. The molecule has 1 aromatic rings. The number of hydrogen-bond acceptors (Lipinski definition) is 12. The Balaban J connectivity index is 1.62. The number of carbonyl (C=O) groups excluding carboxylic acids is 1. The van der Waals surface area contributed by atoms with Crippen LogP contribution >= 0.6 is 0 Å². The van der Waals surface area contributed by atoms with E-state index in [0.717, 1.165) is 0 Å². The molecule has 1 aromatic carbocycles. The van der Waals surface area contributed by atoms with Crippen molar-refractivity contribution >= 4 is 23.6 Å². The van der Waals surface area contributed by atoms with Gasteiger partial charge in [-0.2, -0.15) is 0 Å². The average Bonchev–Trinajstić information content (AvgIpc) is 3.24. The topological polar surface area (TPSA) is 251 Å². The fraction of sp³-hybridized carbons (Fsp3) is 0.458. The van der Waals surface area contributed by atoms with Crippen molar-refractivity contribution in [2.45, 2.75) is 55.6 Å². The minimum atomic E-state index is -1.75. The molecule has 212 valence electrons. The number of aliphatic hydroxyl groups is 4.